The van der Waals surface area contributed by atoms with Crippen LogP contribution in [0.15, 0.2) is 23.8 Å². The zero-order chi connectivity index (χ0) is 25.5. The molecule has 2 aliphatic carbocycles. The quantitative estimate of drug-likeness (QED) is 0.210. The van der Waals surface area contributed by atoms with Crippen molar-refractivity contribution in [2.45, 2.75) is 115 Å². The van der Waals surface area contributed by atoms with Crippen LogP contribution in [-0.2, 0) is 14.3 Å². The Balaban J connectivity index is 2.00. The standard InChI is InChI=1S/C27H45NO5S/c1-6-8-20(33-25(31)16-34-24-14-10-19(28)9-12-23(24)30)15-27(5,7-2)26(32)18(4)21-11-13-22(29)17(21)3/h7,18-20,23-24,26,30,32H,2,6,8-16,28H2,1,3-5H3/t18-,19?,20+,23?,24?,26?,27-/m1/s1. The molecule has 0 bridgehead atoms. The van der Waals surface area contributed by atoms with Crippen molar-refractivity contribution in [3.8, 4) is 0 Å². The Morgan fingerprint density at radius 3 is 2.59 bits per heavy atom. The van der Waals surface area contributed by atoms with Gasteiger partial charge in [-0.25, -0.2) is 0 Å². The number of ether oxygens (including phenoxy) is 1. The summed E-state index contributed by atoms with van der Waals surface area (Å²) in [6, 6.07) is 0.119. The number of hydrogen-bond donors (Lipinski definition) is 3. The third kappa shape index (κ3) is 7.67. The summed E-state index contributed by atoms with van der Waals surface area (Å²) in [7, 11) is 0. The van der Waals surface area contributed by atoms with Gasteiger partial charge in [0.2, 0.25) is 0 Å². The summed E-state index contributed by atoms with van der Waals surface area (Å²) in [6.07, 6.45) is 6.60. The Morgan fingerprint density at radius 2 is 2.00 bits per heavy atom. The fourth-order valence-corrected chi connectivity index (χ4v) is 6.43. The van der Waals surface area contributed by atoms with E-state index in [1.807, 2.05) is 27.7 Å². The average Bonchev–Trinajstić information content (AvgIpc) is 3.04. The highest BCUT2D eigenvalue weighted by Crippen LogP contribution is 2.40. The molecular formula is C27H45NO5S. The van der Waals surface area contributed by atoms with Crippen LogP contribution in [0.25, 0.3) is 0 Å². The van der Waals surface area contributed by atoms with Crippen LogP contribution in [0.4, 0.5) is 0 Å². The molecule has 0 aromatic heterocycles. The fourth-order valence-electron chi connectivity index (χ4n) is 5.35. The predicted molar refractivity (Wildman–Crippen MR) is 139 cm³/mol. The number of nitrogens with two attached hydrogens (primary N) is 1. The third-order valence-corrected chi connectivity index (χ3v) is 9.14. The Morgan fingerprint density at radius 1 is 1.32 bits per heavy atom. The molecule has 0 amide bonds. The second kappa shape index (κ2) is 13.2. The number of esters is 1. The zero-order valence-electron chi connectivity index (χ0n) is 21.4. The maximum atomic E-state index is 12.7. The van der Waals surface area contributed by atoms with Crippen molar-refractivity contribution in [3.05, 3.63) is 23.8 Å². The van der Waals surface area contributed by atoms with Gasteiger partial charge in [0.05, 0.1) is 18.0 Å². The minimum Gasteiger partial charge on any atom is -0.462 e. The van der Waals surface area contributed by atoms with E-state index in [0.29, 0.717) is 32.1 Å². The van der Waals surface area contributed by atoms with Gasteiger partial charge >= 0.3 is 5.97 Å². The van der Waals surface area contributed by atoms with Crippen LogP contribution in [0.3, 0.4) is 0 Å². The van der Waals surface area contributed by atoms with Crippen LogP contribution in [0, 0.1) is 11.3 Å². The maximum Gasteiger partial charge on any atom is 0.316 e. The molecule has 0 aliphatic heterocycles. The van der Waals surface area contributed by atoms with Crippen LogP contribution in [-0.4, -0.2) is 57.3 Å². The molecule has 34 heavy (non-hydrogen) atoms. The van der Waals surface area contributed by atoms with Crippen molar-refractivity contribution >= 4 is 23.5 Å². The van der Waals surface area contributed by atoms with Gasteiger partial charge in [0.15, 0.2) is 5.78 Å². The Labute approximate surface area is 209 Å². The highest BCUT2D eigenvalue weighted by atomic mass is 32.2. The monoisotopic (exact) mass is 495 g/mol. The molecule has 194 valence electrons. The molecule has 4 N–H and O–H groups in total. The minimum absolute atomic E-state index is 0.00234. The summed E-state index contributed by atoms with van der Waals surface area (Å²) in [6.45, 7) is 11.8. The van der Waals surface area contributed by atoms with E-state index in [9.17, 15) is 19.8 Å². The summed E-state index contributed by atoms with van der Waals surface area (Å²) in [5.41, 5.74) is 7.15. The lowest BCUT2D eigenvalue weighted by molar-refractivity contribution is -0.148. The Hall–Kier alpha value is -1.15. The van der Waals surface area contributed by atoms with Crippen LogP contribution in [0.5, 0.6) is 0 Å². The molecule has 4 unspecified atom stereocenters. The smallest absolute Gasteiger partial charge is 0.316 e. The van der Waals surface area contributed by atoms with Crippen molar-refractivity contribution in [3.63, 3.8) is 0 Å². The van der Waals surface area contributed by atoms with Crippen LogP contribution in [0.1, 0.15) is 85.5 Å². The molecule has 7 heteroatoms. The first-order valence-electron chi connectivity index (χ1n) is 12.8. The van der Waals surface area contributed by atoms with E-state index in [1.165, 1.54) is 11.8 Å². The van der Waals surface area contributed by atoms with Gasteiger partial charge in [-0.1, -0.05) is 38.8 Å². The van der Waals surface area contributed by atoms with E-state index >= 15 is 0 Å². The minimum atomic E-state index is -0.737. The lowest BCUT2D eigenvalue weighted by Crippen LogP contribution is -2.40. The molecule has 0 aromatic carbocycles. The molecule has 0 heterocycles. The first-order chi connectivity index (χ1) is 16.0. The number of carbonyl (C=O) groups is 2. The van der Waals surface area contributed by atoms with E-state index in [-0.39, 0.29) is 40.8 Å². The number of ketones is 1. The van der Waals surface area contributed by atoms with Gasteiger partial charge in [0.25, 0.3) is 0 Å². The van der Waals surface area contributed by atoms with Crippen molar-refractivity contribution in [1.29, 1.82) is 0 Å². The molecule has 1 fully saturated rings. The number of Topliss-reactive ketones (excluding diaryl/α,β-unsaturated/α-hetero) is 1. The average molecular weight is 496 g/mol. The second-order valence-corrected chi connectivity index (χ2v) is 11.7. The van der Waals surface area contributed by atoms with Gasteiger partial charge in [0, 0.05) is 29.0 Å². The topological polar surface area (TPSA) is 110 Å². The van der Waals surface area contributed by atoms with Crippen LogP contribution >= 0.6 is 11.8 Å². The highest BCUT2D eigenvalue weighted by molar-refractivity contribution is 8.00. The van der Waals surface area contributed by atoms with Crippen molar-refractivity contribution in [2.75, 3.05) is 5.75 Å². The Kier molecular flexibility index (Phi) is 11.3. The summed E-state index contributed by atoms with van der Waals surface area (Å²) in [4.78, 5) is 24.7. The number of hydrogen-bond acceptors (Lipinski definition) is 7. The van der Waals surface area contributed by atoms with Crippen molar-refractivity contribution < 1.29 is 24.5 Å². The molecule has 0 radical (unpaired) electrons. The van der Waals surface area contributed by atoms with Gasteiger partial charge in [-0.15, -0.1) is 18.3 Å². The third-order valence-electron chi connectivity index (χ3n) is 7.76. The second-order valence-electron chi connectivity index (χ2n) is 10.5. The molecule has 1 saturated carbocycles. The predicted octanol–water partition coefficient (Wildman–Crippen LogP) is 4.32. The number of carbonyl (C=O) groups excluding carboxylic acids is 2. The van der Waals surface area contributed by atoms with E-state index in [4.69, 9.17) is 10.5 Å². The first-order valence-corrected chi connectivity index (χ1v) is 13.9. The fraction of sp³-hybridized carbons (Fsp3) is 0.778. The number of allylic oxidation sites excluding steroid dienone is 1. The Bertz CT molecular complexity index is 753. The molecule has 2 rings (SSSR count). The SMILES string of the molecule is C=C[C@](C)(C[C@H](CCC)OC(=O)CSC1CCC(N)CCC1O)C(O)[C@H](C)C1=C(C)C(=O)CC1. The summed E-state index contributed by atoms with van der Waals surface area (Å²) in [5.74, 6) is -0.121. The molecule has 2 aliphatic rings. The van der Waals surface area contributed by atoms with Crippen molar-refractivity contribution in [2.24, 2.45) is 17.1 Å². The maximum absolute atomic E-state index is 12.7. The normalized spacial score (nSPS) is 28.1. The lowest BCUT2D eigenvalue weighted by Gasteiger charge is -2.38. The van der Waals surface area contributed by atoms with Crippen LogP contribution in [0.2, 0.25) is 0 Å². The summed E-state index contributed by atoms with van der Waals surface area (Å²) >= 11 is 1.45. The van der Waals surface area contributed by atoms with E-state index in [0.717, 1.165) is 36.8 Å². The van der Waals surface area contributed by atoms with Crippen molar-refractivity contribution in [1.82, 2.24) is 0 Å². The molecule has 7 atom stereocenters. The number of aliphatic hydroxyl groups excluding tert-OH is 2. The molecular weight excluding hydrogens is 450 g/mol. The molecule has 0 aromatic rings. The number of rotatable bonds is 12. The van der Waals surface area contributed by atoms with Gasteiger partial charge in [-0.05, 0) is 57.4 Å². The lowest BCUT2D eigenvalue weighted by atomic mass is 9.72. The van der Waals surface area contributed by atoms with Gasteiger partial charge < -0.3 is 20.7 Å². The molecule has 0 spiro atoms. The largest absolute Gasteiger partial charge is 0.462 e. The van der Waals surface area contributed by atoms with Gasteiger partial charge in [0.1, 0.15) is 6.10 Å². The van der Waals surface area contributed by atoms with Crippen LogP contribution < -0.4 is 5.73 Å². The summed E-state index contributed by atoms with van der Waals surface area (Å²) < 4.78 is 5.87. The molecule has 6 nitrogen and oxygen atoms in total. The number of thioether (sulfide) groups is 1. The van der Waals surface area contributed by atoms with Gasteiger partial charge in [-0.3, -0.25) is 9.59 Å². The summed E-state index contributed by atoms with van der Waals surface area (Å²) in [5, 5.41) is 21.7. The zero-order valence-corrected chi connectivity index (χ0v) is 22.2. The molecule has 0 saturated heterocycles. The van der Waals surface area contributed by atoms with E-state index in [1.54, 1.807) is 6.08 Å². The highest BCUT2D eigenvalue weighted by Gasteiger charge is 2.39. The van der Waals surface area contributed by atoms with E-state index < -0.39 is 17.6 Å². The van der Waals surface area contributed by atoms with E-state index in [2.05, 4.69) is 6.58 Å². The number of aliphatic hydroxyl groups is 2. The first kappa shape index (κ1) is 29.1. The van der Waals surface area contributed by atoms with Gasteiger partial charge in [-0.2, -0.15) is 0 Å².